The van der Waals surface area contributed by atoms with Crippen LogP contribution in [-0.4, -0.2) is 9.97 Å². The molecule has 1 aromatic heterocycles. The highest BCUT2D eigenvalue weighted by Gasteiger charge is 2.19. The molecule has 26 heavy (non-hydrogen) atoms. The number of nitrogens with zero attached hydrogens (tertiary/aromatic N) is 2. The SMILES string of the molecule is C=CCCCC1CCC(C#Cc2cnc(-c3ccc(Cl)cc3)nc2)CC1. The Morgan fingerprint density at radius 3 is 2.42 bits per heavy atom. The monoisotopic (exact) mass is 364 g/mol. The lowest BCUT2D eigenvalue weighted by Crippen LogP contribution is -2.13. The van der Waals surface area contributed by atoms with Crippen LogP contribution in [0.15, 0.2) is 49.3 Å². The van der Waals surface area contributed by atoms with Crippen LogP contribution in [0, 0.1) is 23.7 Å². The second kappa shape index (κ2) is 9.55. The van der Waals surface area contributed by atoms with Crippen molar-refractivity contribution in [1.29, 1.82) is 0 Å². The van der Waals surface area contributed by atoms with Gasteiger partial charge in [-0.05, 0) is 68.7 Å². The van der Waals surface area contributed by atoms with Gasteiger partial charge in [-0.15, -0.1) is 6.58 Å². The molecule has 3 heteroatoms. The smallest absolute Gasteiger partial charge is 0.159 e. The van der Waals surface area contributed by atoms with E-state index in [0.717, 1.165) is 23.5 Å². The van der Waals surface area contributed by atoms with Gasteiger partial charge in [0.05, 0.1) is 5.56 Å². The summed E-state index contributed by atoms with van der Waals surface area (Å²) in [6.45, 7) is 3.80. The van der Waals surface area contributed by atoms with E-state index < -0.39 is 0 Å². The molecule has 0 amide bonds. The summed E-state index contributed by atoms with van der Waals surface area (Å²) in [5, 5.41) is 0.715. The second-order valence-electron chi connectivity index (χ2n) is 7.01. The average molecular weight is 365 g/mol. The highest BCUT2D eigenvalue weighted by Crippen LogP contribution is 2.31. The third-order valence-electron chi connectivity index (χ3n) is 5.04. The molecule has 1 saturated carbocycles. The summed E-state index contributed by atoms with van der Waals surface area (Å²) >= 11 is 5.92. The molecule has 1 aliphatic rings. The van der Waals surface area contributed by atoms with E-state index in [2.05, 4.69) is 28.4 Å². The van der Waals surface area contributed by atoms with Crippen molar-refractivity contribution >= 4 is 11.6 Å². The van der Waals surface area contributed by atoms with E-state index in [-0.39, 0.29) is 0 Å². The molecule has 2 aromatic rings. The number of benzene rings is 1. The molecule has 0 radical (unpaired) electrons. The maximum absolute atomic E-state index is 5.92. The van der Waals surface area contributed by atoms with Crippen LogP contribution in [0.1, 0.15) is 50.5 Å². The van der Waals surface area contributed by atoms with E-state index >= 15 is 0 Å². The summed E-state index contributed by atoms with van der Waals surface area (Å²) in [6.07, 6.45) is 14.5. The summed E-state index contributed by atoms with van der Waals surface area (Å²) in [6, 6.07) is 7.55. The lowest BCUT2D eigenvalue weighted by molar-refractivity contribution is 0.297. The molecule has 2 nitrogen and oxygen atoms in total. The molecule has 1 fully saturated rings. The van der Waals surface area contributed by atoms with Gasteiger partial charge in [0.1, 0.15) is 0 Å². The Labute approximate surface area is 161 Å². The van der Waals surface area contributed by atoms with E-state index in [1.165, 1.54) is 38.5 Å². The van der Waals surface area contributed by atoms with Gasteiger partial charge in [0.25, 0.3) is 0 Å². The minimum absolute atomic E-state index is 0.515. The molecule has 0 unspecified atom stereocenters. The first-order valence-corrected chi connectivity index (χ1v) is 9.83. The standard InChI is InChI=1S/C23H25ClN2/c1-2-3-4-5-18-6-8-19(9-7-18)10-11-20-16-25-23(26-17-20)21-12-14-22(24)15-13-21/h2,12-19H,1,3-9H2. The molecule has 0 saturated heterocycles. The predicted molar refractivity (Wildman–Crippen MR) is 109 cm³/mol. The van der Waals surface area contributed by atoms with E-state index in [0.29, 0.717) is 16.8 Å². The number of aromatic nitrogens is 2. The Morgan fingerprint density at radius 2 is 1.77 bits per heavy atom. The molecule has 0 bridgehead atoms. The summed E-state index contributed by atoms with van der Waals surface area (Å²) in [5.41, 5.74) is 1.85. The first-order chi connectivity index (χ1) is 12.7. The van der Waals surface area contributed by atoms with Crippen LogP contribution in [0.25, 0.3) is 11.4 Å². The fourth-order valence-electron chi connectivity index (χ4n) is 3.47. The van der Waals surface area contributed by atoms with Crippen LogP contribution >= 0.6 is 11.6 Å². The quantitative estimate of drug-likeness (QED) is 0.353. The largest absolute Gasteiger partial charge is 0.235 e. The van der Waals surface area contributed by atoms with E-state index in [4.69, 9.17) is 11.6 Å². The summed E-state index contributed by atoms with van der Waals surface area (Å²) < 4.78 is 0. The minimum Gasteiger partial charge on any atom is -0.235 e. The Morgan fingerprint density at radius 1 is 1.08 bits per heavy atom. The van der Waals surface area contributed by atoms with Gasteiger partial charge in [-0.2, -0.15) is 0 Å². The maximum atomic E-state index is 5.92. The molecule has 3 rings (SSSR count). The van der Waals surface area contributed by atoms with Crippen LogP contribution in [0.5, 0.6) is 0 Å². The lowest BCUT2D eigenvalue weighted by Gasteiger charge is -2.25. The van der Waals surface area contributed by atoms with Gasteiger partial charge in [-0.25, -0.2) is 9.97 Å². The second-order valence-corrected chi connectivity index (χ2v) is 7.45. The van der Waals surface area contributed by atoms with Crippen molar-refractivity contribution in [3.8, 4) is 23.2 Å². The van der Waals surface area contributed by atoms with Crippen molar-refractivity contribution in [3.63, 3.8) is 0 Å². The van der Waals surface area contributed by atoms with Gasteiger partial charge >= 0.3 is 0 Å². The van der Waals surface area contributed by atoms with Gasteiger partial charge < -0.3 is 0 Å². The third-order valence-corrected chi connectivity index (χ3v) is 5.29. The Kier molecular flexibility index (Phi) is 6.86. The first kappa shape index (κ1) is 18.7. The van der Waals surface area contributed by atoms with Crippen LogP contribution in [0.3, 0.4) is 0 Å². The van der Waals surface area contributed by atoms with Gasteiger partial charge in [0.15, 0.2) is 5.82 Å². The van der Waals surface area contributed by atoms with Crippen molar-refractivity contribution in [1.82, 2.24) is 9.97 Å². The summed E-state index contributed by atoms with van der Waals surface area (Å²) in [4.78, 5) is 8.86. The first-order valence-electron chi connectivity index (χ1n) is 9.45. The zero-order valence-corrected chi connectivity index (χ0v) is 15.9. The topological polar surface area (TPSA) is 25.8 Å². The Balaban J connectivity index is 1.52. The van der Waals surface area contributed by atoms with Gasteiger partial charge in [0, 0.05) is 28.9 Å². The number of unbranched alkanes of at least 4 members (excludes halogenated alkanes) is 1. The fraction of sp³-hybridized carbons (Fsp3) is 0.391. The maximum Gasteiger partial charge on any atom is 0.159 e. The van der Waals surface area contributed by atoms with Crippen molar-refractivity contribution in [2.24, 2.45) is 11.8 Å². The molecule has 1 aromatic carbocycles. The van der Waals surface area contributed by atoms with E-state index in [1.807, 2.05) is 42.7 Å². The Hall–Kier alpha value is -2.11. The summed E-state index contributed by atoms with van der Waals surface area (Å²) in [7, 11) is 0. The van der Waals surface area contributed by atoms with Crippen LogP contribution in [-0.2, 0) is 0 Å². The van der Waals surface area contributed by atoms with Gasteiger partial charge in [0.2, 0.25) is 0 Å². The summed E-state index contributed by atoms with van der Waals surface area (Å²) in [5.74, 6) is 8.79. The number of allylic oxidation sites excluding steroid dienone is 1. The lowest BCUT2D eigenvalue weighted by atomic mass is 9.80. The fourth-order valence-corrected chi connectivity index (χ4v) is 3.60. The third kappa shape index (κ3) is 5.44. The zero-order valence-electron chi connectivity index (χ0n) is 15.1. The average Bonchev–Trinajstić information content (AvgIpc) is 2.69. The molecule has 0 N–H and O–H groups in total. The molecule has 134 valence electrons. The van der Waals surface area contributed by atoms with E-state index in [9.17, 15) is 0 Å². The van der Waals surface area contributed by atoms with Crippen LogP contribution in [0.2, 0.25) is 5.02 Å². The Bertz CT molecular complexity index is 761. The number of hydrogen-bond acceptors (Lipinski definition) is 2. The number of hydrogen-bond donors (Lipinski definition) is 0. The molecule has 1 aliphatic carbocycles. The van der Waals surface area contributed by atoms with Crippen LogP contribution < -0.4 is 0 Å². The normalized spacial score (nSPS) is 19.4. The highest BCUT2D eigenvalue weighted by atomic mass is 35.5. The van der Waals surface area contributed by atoms with Crippen molar-refractivity contribution in [3.05, 3.63) is 59.9 Å². The van der Waals surface area contributed by atoms with E-state index in [1.54, 1.807) is 0 Å². The minimum atomic E-state index is 0.515. The van der Waals surface area contributed by atoms with Crippen molar-refractivity contribution < 1.29 is 0 Å². The van der Waals surface area contributed by atoms with Crippen molar-refractivity contribution in [2.45, 2.75) is 44.9 Å². The molecule has 0 aliphatic heterocycles. The van der Waals surface area contributed by atoms with Gasteiger partial charge in [-0.3, -0.25) is 0 Å². The number of rotatable bonds is 5. The van der Waals surface area contributed by atoms with Crippen LogP contribution in [0.4, 0.5) is 0 Å². The number of halogens is 1. The predicted octanol–water partition coefficient (Wildman–Crippen LogP) is 6.31. The zero-order chi connectivity index (χ0) is 18.2. The van der Waals surface area contributed by atoms with Crippen molar-refractivity contribution in [2.75, 3.05) is 0 Å². The van der Waals surface area contributed by atoms with Gasteiger partial charge in [-0.1, -0.05) is 35.9 Å². The molecular weight excluding hydrogens is 340 g/mol. The molecular formula is C23H25ClN2. The highest BCUT2D eigenvalue weighted by molar-refractivity contribution is 6.30. The molecule has 1 heterocycles. The molecule has 0 atom stereocenters. The molecule has 0 spiro atoms.